The molecule has 0 spiro atoms. The number of aromatic nitrogens is 2. The highest BCUT2D eigenvalue weighted by Gasteiger charge is 2.28. The molecular formula is C21H23N2OPS. The van der Waals surface area contributed by atoms with Gasteiger partial charge in [0, 0.05) is 23.8 Å². The van der Waals surface area contributed by atoms with Crippen LogP contribution < -0.4 is 0 Å². The maximum Gasteiger partial charge on any atom is 0.107 e. The molecule has 0 fully saturated rings. The number of benzene rings is 1. The van der Waals surface area contributed by atoms with E-state index in [0.717, 1.165) is 42.1 Å². The van der Waals surface area contributed by atoms with Crippen molar-refractivity contribution < 1.29 is 5.11 Å². The molecule has 26 heavy (non-hydrogen) atoms. The van der Waals surface area contributed by atoms with Crippen molar-refractivity contribution >= 4 is 17.8 Å². The average molecular weight is 382 g/mol. The molecule has 5 heteroatoms. The molecular weight excluding hydrogens is 359 g/mol. The summed E-state index contributed by atoms with van der Waals surface area (Å²) >= 11 is 6.11. The quantitative estimate of drug-likeness (QED) is 0.586. The maximum absolute atomic E-state index is 11.1. The molecule has 2 aromatic heterocycles. The second-order valence-corrected chi connectivity index (χ2v) is 11.8. The zero-order valence-electron chi connectivity index (χ0n) is 14.6. The van der Waals surface area contributed by atoms with Crippen molar-refractivity contribution in [3.05, 3.63) is 96.1 Å². The van der Waals surface area contributed by atoms with Gasteiger partial charge in [-0.3, -0.25) is 9.97 Å². The van der Waals surface area contributed by atoms with E-state index in [1.54, 1.807) is 12.4 Å². The van der Waals surface area contributed by atoms with Crippen molar-refractivity contribution in [3.63, 3.8) is 0 Å². The predicted molar refractivity (Wildman–Crippen MR) is 111 cm³/mol. The van der Waals surface area contributed by atoms with Gasteiger partial charge in [0.15, 0.2) is 0 Å². The van der Waals surface area contributed by atoms with Gasteiger partial charge in [-0.1, -0.05) is 54.3 Å². The minimum absolute atomic E-state index is 0.592. The van der Waals surface area contributed by atoms with Gasteiger partial charge in [0.1, 0.15) is 5.85 Å². The summed E-state index contributed by atoms with van der Waals surface area (Å²) in [5, 5.41) is 11.1. The molecule has 0 aliphatic rings. The smallest absolute Gasteiger partial charge is 0.107 e. The predicted octanol–water partition coefficient (Wildman–Crippen LogP) is 4.43. The van der Waals surface area contributed by atoms with E-state index in [2.05, 4.69) is 9.97 Å². The van der Waals surface area contributed by atoms with Crippen LogP contribution in [0.25, 0.3) is 0 Å². The van der Waals surface area contributed by atoms with Gasteiger partial charge in [0.25, 0.3) is 0 Å². The van der Waals surface area contributed by atoms with E-state index in [9.17, 15) is 5.11 Å². The van der Waals surface area contributed by atoms with E-state index in [4.69, 9.17) is 11.8 Å². The Morgan fingerprint density at radius 2 is 1.27 bits per heavy atom. The normalized spacial score (nSPS) is 12.7. The first-order valence-electron chi connectivity index (χ1n) is 8.78. The van der Waals surface area contributed by atoms with Crippen molar-refractivity contribution in [2.75, 3.05) is 12.3 Å². The van der Waals surface area contributed by atoms with Gasteiger partial charge in [-0.15, -0.1) is 0 Å². The first-order chi connectivity index (χ1) is 12.7. The van der Waals surface area contributed by atoms with Gasteiger partial charge in [-0.05, 0) is 61.0 Å². The van der Waals surface area contributed by atoms with Gasteiger partial charge >= 0.3 is 0 Å². The van der Waals surface area contributed by atoms with E-state index < -0.39 is 11.9 Å². The summed E-state index contributed by atoms with van der Waals surface area (Å²) in [7, 11) is 0. The third-order valence-corrected chi connectivity index (χ3v) is 9.33. The van der Waals surface area contributed by atoms with E-state index in [1.165, 1.54) is 0 Å². The molecule has 0 bridgehead atoms. The van der Waals surface area contributed by atoms with Crippen molar-refractivity contribution in [1.29, 1.82) is 0 Å². The molecule has 1 unspecified atom stereocenters. The van der Waals surface area contributed by atoms with Crippen molar-refractivity contribution in [3.8, 4) is 0 Å². The molecule has 0 saturated heterocycles. The van der Waals surface area contributed by atoms with Gasteiger partial charge < -0.3 is 5.11 Å². The Balaban J connectivity index is 1.78. The standard InChI is InChI=1S/C21H23N2OPS/c24-21(18-8-2-1-3-9-18)25(26,16-12-19-10-4-6-14-22-19)17-13-20-11-5-7-15-23-20/h1-11,14-15,21,24H,12-13,16-17H2. The summed E-state index contributed by atoms with van der Waals surface area (Å²) in [6.45, 7) is 0. The molecule has 3 rings (SSSR count). The molecule has 1 aromatic carbocycles. The third-order valence-electron chi connectivity index (χ3n) is 4.49. The molecule has 0 aliphatic heterocycles. The Hall–Kier alpha value is -1.87. The highest BCUT2D eigenvalue weighted by Crippen LogP contribution is 2.58. The largest absolute Gasteiger partial charge is 0.383 e. The zero-order chi connectivity index (χ0) is 18.2. The lowest BCUT2D eigenvalue weighted by atomic mass is 10.2. The summed E-state index contributed by atoms with van der Waals surface area (Å²) in [4.78, 5) is 8.82. The van der Waals surface area contributed by atoms with Gasteiger partial charge in [-0.2, -0.15) is 0 Å². The topological polar surface area (TPSA) is 46.0 Å². The maximum atomic E-state index is 11.1. The Labute approximate surface area is 160 Å². The lowest BCUT2D eigenvalue weighted by Gasteiger charge is -2.28. The van der Waals surface area contributed by atoms with Crippen LogP contribution in [-0.4, -0.2) is 27.4 Å². The monoisotopic (exact) mass is 382 g/mol. The van der Waals surface area contributed by atoms with Crippen LogP contribution >= 0.6 is 6.04 Å². The van der Waals surface area contributed by atoms with E-state index >= 15 is 0 Å². The molecule has 0 saturated carbocycles. The minimum Gasteiger partial charge on any atom is -0.383 e. The molecule has 1 atom stereocenters. The fourth-order valence-electron chi connectivity index (χ4n) is 2.95. The lowest BCUT2D eigenvalue weighted by molar-refractivity contribution is 0.262. The first-order valence-corrected chi connectivity index (χ1v) is 12.0. The number of aliphatic hydroxyl groups excluding tert-OH is 1. The van der Waals surface area contributed by atoms with Crippen LogP contribution in [0.2, 0.25) is 0 Å². The number of hydrogen-bond donors (Lipinski definition) is 1. The fraction of sp³-hybridized carbons (Fsp3) is 0.238. The summed E-state index contributed by atoms with van der Waals surface area (Å²) in [6.07, 6.45) is 6.79. The second-order valence-electron chi connectivity index (χ2n) is 6.33. The summed E-state index contributed by atoms with van der Waals surface area (Å²) < 4.78 is 0. The number of aryl methyl sites for hydroxylation is 2. The van der Waals surface area contributed by atoms with Crippen LogP contribution in [0.3, 0.4) is 0 Å². The number of aliphatic hydroxyl groups is 1. The zero-order valence-corrected chi connectivity index (χ0v) is 16.3. The first kappa shape index (κ1) is 18.9. The van der Waals surface area contributed by atoms with E-state index in [1.807, 2.05) is 66.7 Å². The number of rotatable bonds is 8. The Kier molecular flexibility index (Phi) is 6.67. The van der Waals surface area contributed by atoms with E-state index in [-0.39, 0.29) is 0 Å². The highest BCUT2D eigenvalue weighted by atomic mass is 32.4. The minimum atomic E-state index is -2.05. The fourth-order valence-corrected chi connectivity index (χ4v) is 6.51. The van der Waals surface area contributed by atoms with Crippen LogP contribution in [-0.2, 0) is 24.6 Å². The van der Waals surface area contributed by atoms with Crippen LogP contribution in [0.4, 0.5) is 0 Å². The number of nitrogens with zero attached hydrogens (tertiary/aromatic N) is 2. The number of hydrogen-bond acceptors (Lipinski definition) is 4. The lowest BCUT2D eigenvalue weighted by Crippen LogP contribution is -2.10. The van der Waals surface area contributed by atoms with Crippen LogP contribution in [0.1, 0.15) is 22.8 Å². The summed E-state index contributed by atoms with van der Waals surface area (Å²) in [6, 6.07) is 19.6. The van der Waals surface area contributed by atoms with Crippen molar-refractivity contribution in [2.45, 2.75) is 18.7 Å². The molecule has 0 amide bonds. The Morgan fingerprint density at radius 3 is 1.73 bits per heavy atom. The summed E-state index contributed by atoms with van der Waals surface area (Å²) in [5.74, 6) is -0.592. The van der Waals surface area contributed by atoms with Crippen LogP contribution in [0, 0.1) is 0 Å². The van der Waals surface area contributed by atoms with Crippen LogP contribution in [0.15, 0.2) is 79.1 Å². The highest BCUT2D eigenvalue weighted by molar-refractivity contribution is 8.14. The average Bonchev–Trinajstić information content (AvgIpc) is 2.72. The molecule has 0 aliphatic carbocycles. The second kappa shape index (κ2) is 9.18. The molecule has 134 valence electrons. The van der Waals surface area contributed by atoms with Crippen LogP contribution in [0.5, 0.6) is 0 Å². The Bertz CT molecular complexity index is 796. The van der Waals surface area contributed by atoms with Gasteiger partial charge in [0.05, 0.1) is 0 Å². The van der Waals surface area contributed by atoms with Gasteiger partial charge in [0.2, 0.25) is 0 Å². The van der Waals surface area contributed by atoms with Gasteiger partial charge in [-0.25, -0.2) is 0 Å². The van der Waals surface area contributed by atoms with Crippen molar-refractivity contribution in [2.24, 2.45) is 0 Å². The Morgan fingerprint density at radius 1 is 0.769 bits per heavy atom. The molecule has 3 aromatic rings. The third kappa shape index (κ3) is 5.07. The SMILES string of the molecule is OC(c1ccccc1)P(=S)(CCc1ccccn1)CCc1ccccn1. The molecule has 0 radical (unpaired) electrons. The summed E-state index contributed by atoms with van der Waals surface area (Å²) in [5.41, 5.74) is 2.97. The van der Waals surface area contributed by atoms with Crippen molar-refractivity contribution in [1.82, 2.24) is 9.97 Å². The molecule has 2 heterocycles. The molecule has 3 nitrogen and oxygen atoms in total. The van der Waals surface area contributed by atoms with E-state index in [0.29, 0.717) is 0 Å². The number of pyridine rings is 2. The molecule has 1 N–H and O–H groups in total.